The van der Waals surface area contributed by atoms with E-state index in [1.54, 1.807) is 6.92 Å². The van der Waals surface area contributed by atoms with Crippen molar-refractivity contribution >= 4 is 0 Å². The van der Waals surface area contributed by atoms with Crippen molar-refractivity contribution in [3.63, 3.8) is 0 Å². The molecule has 0 aromatic carbocycles. The lowest BCUT2D eigenvalue weighted by atomic mass is 10.1. The molecule has 0 aliphatic heterocycles. The highest BCUT2D eigenvalue weighted by Gasteiger charge is 1.92. The van der Waals surface area contributed by atoms with Gasteiger partial charge >= 0.3 is 0 Å². The first-order valence-electron chi connectivity index (χ1n) is 3.39. The van der Waals surface area contributed by atoms with Crippen molar-refractivity contribution in [2.45, 2.75) is 38.7 Å². The van der Waals surface area contributed by atoms with Crippen LogP contribution in [0.1, 0.15) is 32.6 Å². The first kappa shape index (κ1) is 8.52. The highest BCUT2D eigenvalue weighted by molar-refractivity contribution is 4.82. The maximum atomic E-state index is 8.80. The van der Waals surface area contributed by atoms with Crippen LogP contribution in [0.3, 0.4) is 0 Å². The summed E-state index contributed by atoms with van der Waals surface area (Å²) in [5, 5.41) is 8.80. The van der Waals surface area contributed by atoms with Crippen molar-refractivity contribution in [3.8, 4) is 12.3 Å². The summed E-state index contributed by atoms with van der Waals surface area (Å²) in [5.74, 6) is 2.56. The summed E-state index contributed by atoms with van der Waals surface area (Å²) in [6, 6.07) is 0. The highest BCUT2D eigenvalue weighted by atomic mass is 16.3. The third-order valence-corrected chi connectivity index (χ3v) is 1.19. The largest absolute Gasteiger partial charge is 0.393 e. The normalized spacial score (nSPS) is 12.6. The molecule has 0 radical (unpaired) electrons. The molecule has 0 saturated carbocycles. The minimum atomic E-state index is -0.164. The van der Waals surface area contributed by atoms with Gasteiger partial charge in [0.2, 0.25) is 0 Å². The summed E-state index contributed by atoms with van der Waals surface area (Å²) in [4.78, 5) is 0. The second-order valence-corrected chi connectivity index (χ2v) is 2.30. The van der Waals surface area contributed by atoms with Crippen LogP contribution in [0.5, 0.6) is 0 Å². The number of hydrogen-bond acceptors (Lipinski definition) is 1. The van der Waals surface area contributed by atoms with Gasteiger partial charge in [-0.25, -0.2) is 0 Å². The van der Waals surface area contributed by atoms with Gasteiger partial charge in [0.05, 0.1) is 6.10 Å². The molecule has 1 N–H and O–H groups in total. The van der Waals surface area contributed by atoms with E-state index in [9.17, 15) is 0 Å². The fourth-order valence-corrected chi connectivity index (χ4v) is 0.667. The van der Waals surface area contributed by atoms with Crippen LogP contribution in [0.4, 0.5) is 0 Å². The molecule has 0 aromatic heterocycles. The summed E-state index contributed by atoms with van der Waals surface area (Å²) in [6.07, 6.45) is 8.67. The molecule has 1 nitrogen and oxygen atoms in total. The first-order chi connectivity index (χ1) is 4.27. The monoisotopic (exact) mass is 126 g/mol. The Bertz CT molecular complexity index is 89.2. The van der Waals surface area contributed by atoms with Crippen LogP contribution in [0, 0.1) is 12.3 Å². The molecule has 0 bridgehead atoms. The molecule has 9 heavy (non-hydrogen) atoms. The van der Waals surface area contributed by atoms with Gasteiger partial charge in [-0.05, 0) is 26.2 Å². The van der Waals surface area contributed by atoms with E-state index in [4.69, 9.17) is 11.5 Å². The maximum absolute atomic E-state index is 8.80. The molecule has 0 aliphatic rings. The Kier molecular flexibility index (Phi) is 5.35. The lowest BCUT2D eigenvalue weighted by Crippen LogP contribution is -1.97. The van der Waals surface area contributed by atoms with Gasteiger partial charge in [0.15, 0.2) is 0 Å². The van der Waals surface area contributed by atoms with Crippen LogP contribution in [0.2, 0.25) is 0 Å². The standard InChI is InChI=1S/C8H14O/c1-3-4-5-6-7-8(2)9/h1,8-9H,4-7H2,2H3/t8-/m1/s1. The first-order valence-corrected chi connectivity index (χ1v) is 3.39. The average molecular weight is 126 g/mol. The summed E-state index contributed by atoms with van der Waals surface area (Å²) in [5.41, 5.74) is 0. The third kappa shape index (κ3) is 7.52. The molecule has 1 heteroatoms. The molecule has 0 fully saturated rings. The second kappa shape index (κ2) is 5.65. The fraction of sp³-hybridized carbons (Fsp3) is 0.750. The van der Waals surface area contributed by atoms with Gasteiger partial charge in [0.1, 0.15) is 0 Å². The Morgan fingerprint density at radius 1 is 1.56 bits per heavy atom. The van der Waals surface area contributed by atoms with Crippen molar-refractivity contribution in [1.29, 1.82) is 0 Å². The minimum Gasteiger partial charge on any atom is -0.393 e. The molecule has 0 saturated heterocycles. The van der Waals surface area contributed by atoms with Crippen LogP contribution in [-0.4, -0.2) is 11.2 Å². The Morgan fingerprint density at radius 2 is 2.22 bits per heavy atom. The SMILES string of the molecule is C#CCCCC[C@@H](C)O. The Labute approximate surface area is 57.1 Å². The molecule has 0 aromatic rings. The molecule has 0 heterocycles. The average Bonchev–Trinajstić information content (AvgIpc) is 1.80. The second-order valence-electron chi connectivity index (χ2n) is 2.30. The van der Waals surface area contributed by atoms with Crippen LogP contribution >= 0.6 is 0 Å². The van der Waals surface area contributed by atoms with Gasteiger partial charge < -0.3 is 5.11 Å². The molecule has 0 rings (SSSR count). The van der Waals surface area contributed by atoms with E-state index in [2.05, 4.69) is 5.92 Å². The predicted molar refractivity (Wildman–Crippen MR) is 39.0 cm³/mol. The molecular weight excluding hydrogens is 112 g/mol. The number of hydrogen-bond donors (Lipinski definition) is 1. The van der Waals surface area contributed by atoms with Crippen molar-refractivity contribution in [3.05, 3.63) is 0 Å². The fourth-order valence-electron chi connectivity index (χ4n) is 0.667. The minimum absolute atomic E-state index is 0.164. The van der Waals surface area contributed by atoms with E-state index in [0.717, 1.165) is 25.7 Å². The molecule has 1 atom stereocenters. The van der Waals surface area contributed by atoms with Gasteiger partial charge in [-0.2, -0.15) is 0 Å². The van der Waals surface area contributed by atoms with Crippen LogP contribution < -0.4 is 0 Å². The Morgan fingerprint density at radius 3 is 2.67 bits per heavy atom. The van der Waals surface area contributed by atoms with Crippen LogP contribution in [-0.2, 0) is 0 Å². The smallest absolute Gasteiger partial charge is 0.0512 e. The van der Waals surface area contributed by atoms with Gasteiger partial charge in [-0.15, -0.1) is 12.3 Å². The third-order valence-electron chi connectivity index (χ3n) is 1.19. The van der Waals surface area contributed by atoms with E-state index >= 15 is 0 Å². The molecular formula is C8H14O. The molecule has 0 unspecified atom stereocenters. The van der Waals surface area contributed by atoms with Crippen molar-refractivity contribution in [2.24, 2.45) is 0 Å². The lowest BCUT2D eigenvalue weighted by Gasteiger charge is -1.99. The number of aliphatic hydroxyl groups excluding tert-OH is 1. The molecule has 0 aliphatic carbocycles. The number of unbranched alkanes of at least 4 members (excludes halogenated alkanes) is 2. The van der Waals surface area contributed by atoms with Gasteiger partial charge in [0, 0.05) is 6.42 Å². The topological polar surface area (TPSA) is 20.2 Å². The van der Waals surface area contributed by atoms with Gasteiger partial charge in [-0.3, -0.25) is 0 Å². The summed E-state index contributed by atoms with van der Waals surface area (Å²) < 4.78 is 0. The zero-order valence-corrected chi connectivity index (χ0v) is 5.93. The maximum Gasteiger partial charge on any atom is 0.0512 e. The van der Waals surface area contributed by atoms with Crippen LogP contribution in [0.25, 0.3) is 0 Å². The quantitative estimate of drug-likeness (QED) is 0.447. The number of rotatable bonds is 4. The zero-order valence-electron chi connectivity index (χ0n) is 5.93. The summed E-state index contributed by atoms with van der Waals surface area (Å²) in [7, 11) is 0. The van der Waals surface area contributed by atoms with Crippen molar-refractivity contribution < 1.29 is 5.11 Å². The Hall–Kier alpha value is -0.480. The summed E-state index contributed by atoms with van der Waals surface area (Å²) in [6.45, 7) is 1.80. The predicted octanol–water partition coefficient (Wildman–Crippen LogP) is 1.56. The highest BCUT2D eigenvalue weighted by Crippen LogP contribution is 2.01. The molecule has 0 amide bonds. The van der Waals surface area contributed by atoms with E-state index in [-0.39, 0.29) is 6.10 Å². The van der Waals surface area contributed by atoms with Crippen LogP contribution in [0.15, 0.2) is 0 Å². The Balaban J connectivity index is 2.85. The number of terminal acetylenes is 1. The van der Waals surface area contributed by atoms with E-state index in [0.29, 0.717) is 0 Å². The van der Waals surface area contributed by atoms with Crippen molar-refractivity contribution in [2.75, 3.05) is 0 Å². The number of aliphatic hydroxyl groups is 1. The van der Waals surface area contributed by atoms with E-state index in [1.807, 2.05) is 0 Å². The van der Waals surface area contributed by atoms with Gasteiger partial charge in [-0.1, -0.05) is 0 Å². The van der Waals surface area contributed by atoms with E-state index < -0.39 is 0 Å². The lowest BCUT2D eigenvalue weighted by molar-refractivity contribution is 0.181. The zero-order chi connectivity index (χ0) is 7.11. The van der Waals surface area contributed by atoms with Crippen molar-refractivity contribution in [1.82, 2.24) is 0 Å². The van der Waals surface area contributed by atoms with E-state index in [1.165, 1.54) is 0 Å². The molecule has 52 valence electrons. The summed E-state index contributed by atoms with van der Waals surface area (Å²) >= 11 is 0. The van der Waals surface area contributed by atoms with Gasteiger partial charge in [0.25, 0.3) is 0 Å². The molecule has 0 spiro atoms.